The van der Waals surface area contributed by atoms with Gasteiger partial charge in [0, 0.05) is 25.7 Å². The Bertz CT molecular complexity index is 2190. The van der Waals surface area contributed by atoms with E-state index in [9.17, 15) is 43.2 Å². The van der Waals surface area contributed by atoms with Gasteiger partial charge < -0.3 is 33.8 Å². The first-order chi connectivity index (χ1) is 55.9. The largest absolute Gasteiger partial charge is 0.472 e. The summed E-state index contributed by atoms with van der Waals surface area (Å²) in [6, 6.07) is 0. The summed E-state index contributed by atoms with van der Waals surface area (Å²) in [5.41, 5.74) is 0. The fraction of sp³-hybridized carbons (Fsp3) is 0.958. The third-order valence-electron chi connectivity index (χ3n) is 22.7. The molecule has 0 radical (unpaired) electrons. The second-order valence-electron chi connectivity index (χ2n) is 35.4. The molecule has 0 saturated heterocycles. The fourth-order valence-electron chi connectivity index (χ4n) is 15.2. The van der Waals surface area contributed by atoms with Gasteiger partial charge in [-0.15, -0.1) is 0 Å². The Morgan fingerprint density at radius 3 is 0.591 bits per heavy atom. The van der Waals surface area contributed by atoms with E-state index in [4.69, 9.17) is 37.0 Å². The standard InChI is InChI=1S/C96H188O17P2/c1-7-9-11-13-15-17-19-21-23-25-27-29-31-33-39-43-47-51-55-63-68-74-80-95(100)112-91(84-106-93(98)78-72-66-60-53-49-45-41-37-35-34-36-40-44-48-52-58-64-70-76-88(3)4)86-110-114(102,103)108-82-90(97)83-109-115(104,105)111-87-92(85-107-94(99)79-73-67-61-57-56-59-65-71-77-89(5)6)113-96(101)81-75-69-62-54-50-46-42-38-32-30-28-26-24-22-20-18-16-14-12-10-8-2/h88-92,97H,7-87H2,1-6H3,(H,102,103)(H,104,105)/t90-,91-,92-/m1/s1. The molecule has 2 unspecified atom stereocenters. The van der Waals surface area contributed by atoms with Crippen molar-refractivity contribution in [3.8, 4) is 0 Å². The quantitative estimate of drug-likeness (QED) is 0.0222. The lowest BCUT2D eigenvalue weighted by Gasteiger charge is -2.21. The van der Waals surface area contributed by atoms with Crippen LogP contribution in [0.25, 0.3) is 0 Å². The van der Waals surface area contributed by atoms with Crippen molar-refractivity contribution in [3.63, 3.8) is 0 Å². The summed E-state index contributed by atoms with van der Waals surface area (Å²) in [4.78, 5) is 73.6. The Balaban J connectivity index is 5.22. The van der Waals surface area contributed by atoms with Crippen LogP contribution in [0, 0.1) is 11.8 Å². The Morgan fingerprint density at radius 2 is 0.400 bits per heavy atom. The topological polar surface area (TPSA) is 237 Å². The minimum atomic E-state index is -4.97. The molecule has 0 amide bonds. The number of rotatable bonds is 95. The van der Waals surface area contributed by atoms with Gasteiger partial charge in [-0.1, -0.05) is 472 Å². The number of phosphoric ester groups is 2. The number of esters is 4. The van der Waals surface area contributed by atoms with Crippen LogP contribution in [0.4, 0.5) is 0 Å². The zero-order chi connectivity index (χ0) is 84.1. The van der Waals surface area contributed by atoms with Gasteiger partial charge in [0.05, 0.1) is 26.4 Å². The molecule has 684 valence electrons. The van der Waals surface area contributed by atoms with Gasteiger partial charge in [0.1, 0.15) is 19.3 Å². The lowest BCUT2D eigenvalue weighted by molar-refractivity contribution is -0.161. The van der Waals surface area contributed by atoms with Crippen molar-refractivity contribution in [1.82, 2.24) is 0 Å². The summed E-state index contributed by atoms with van der Waals surface area (Å²) in [6.07, 6.45) is 83.7. The van der Waals surface area contributed by atoms with E-state index in [2.05, 4.69) is 41.5 Å². The number of unbranched alkanes of at least 4 members (excludes halogenated alkanes) is 65. The van der Waals surface area contributed by atoms with Crippen molar-refractivity contribution in [3.05, 3.63) is 0 Å². The summed E-state index contributed by atoms with van der Waals surface area (Å²) in [6.45, 7) is 9.73. The first kappa shape index (κ1) is 113. The zero-order valence-corrected chi connectivity index (χ0v) is 77.9. The van der Waals surface area contributed by atoms with E-state index >= 15 is 0 Å². The molecule has 0 aliphatic heterocycles. The van der Waals surface area contributed by atoms with E-state index in [1.165, 1.54) is 340 Å². The average molecular weight is 1680 g/mol. The van der Waals surface area contributed by atoms with Crippen LogP contribution in [0.2, 0.25) is 0 Å². The summed E-state index contributed by atoms with van der Waals surface area (Å²) in [5.74, 6) is -0.543. The van der Waals surface area contributed by atoms with E-state index in [1.54, 1.807) is 0 Å². The summed E-state index contributed by atoms with van der Waals surface area (Å²) in [5, 5.41) is 10.7. The van der Waals surface area contributed by atoms with Crippen molar-refractivity contribution in [2.45, 2.75) is 541 Å². The van der Waals surface area contributed by atoms with Crippen molar-refractivity contribution < 1.29 is 80.2 Å². The van der Waals surface area contributed by atoms with E-state index < -0.39 is 97.5 Å². The number of hydrogen-bond acceptors (Lipinski definition) is 15. The van der Waals surface area contributed by atoms with E-state index in [-0.39, 0.29) is 25.7 Å². The van der Waals surface area contributed by atoms with Gasteiger partial charge in [-0.2, -0.15) is 0 Å². The maximum absolute atomic E-state index is 13.2. The molecule has 0 aliphatic rings. The van der Waals surface area contributed by atoms with Gasteiger partial charge >= 0.3 is 39.5 Å². The lowest BCUT2D eigenvalue weighted by atomic mass is 10.0. The third-order valence-corrected chi connectivity index (χ3v) is 24.6. The molecular formula is C96H188O17P2. The van der Waals surface area contributed by atoms with E-state index in [0.29, 0.717) is 25.7 Å². The molecule has 115 heavy (non-hydrogen) atoms. The fourth-order valence-corrected chi connectivity index (χ4v) is 16.8. The van der Waals surface area contributed by atoms with E-state index in [0.717, 1.165) is 102 Å². The van der Waals surface area contributed by atoms with Crippen molar-refractivity contribution in [2.24, 2.45) is 11.8 Å². The summed E-state index contributed by atoms with van der Waals surface area (Å²) >= 11 is 0. The molecular weight excluding hydrogens is 1490 g/mol. The Labute approximate surface area is 708 Å². The molecule has 0 fully saturated rings. The van der Waals surface area contributed by atoms with Crippen LogP contribution >= 0.6 is 15.6 Å². The third kappa shape index (κ3) is 89.6. The van der Waals surface area contributed by atoms with Crippen LogP contribution < -0.4 is 0 Å². The highest BCUT2D eigenvalue weighted by atomic mass is 31.2. The van der Waals surface area contributed by atoms with Crippen LogP contribution in [0.15, 0.2) is 0 Å². The van der Waals surface area contributed by atoms with Crippen molar-refractivity contribution >= 4 is 39.5 Å². The summed E-state index contributed by atoms with van der Waals surface area (Å²) in [7, 11) is -9.94. The Hall–Kier alpha value is -1.94. The van der Waals surface area contributed by atoms with Gasteiger partial charge in [-0.25, -0.2) is 9.13 Å². The number of aliphatic hydroxyl groups excluding tert-OH is 1. The molecule has 0 rings (SSSR count). The van der Waals surface area contributed by atoms with Gasteiger partial charge in [-0.05, 0) is 37.5 Å². The maximum Gasteiger partial charge on any atom is 0.472 e. The number of aliphatic hydroxyl groups is 1. The number of phosphoric acid groups is 2. The SMILES string of the molecule is CCCCCCCCCCCCCCCCCCCCCCCCC(=O)O[C@H](COC(=O)CCCCCCCCCCCCCCCCCCCCC(C)C)COP(=O)(O)OC[C@@H](O)COP(=O)(O)OC[C@@H](COC(=O)CCCCCCCCCCC(C)C)OC(=O)CCCCCCCCCCCCCCCCCCCCCCC. The molecule has 0 spiro atoms. The molecule has 17 nitrogen and oxygen atoms in total. The Kier molecular flexibility index (Phi) is 85.5. The van der Waals surface area contributed by atoms with Gasteiger partial charge in [-0.3, -0.25) is 37.3 Å². The van der Waals surface area contributed by atoms with Gasteiger partial charge in [0.15, 0.2) is 12.2 Å². The van der Waals surface area contributed by atoms with Crippen LogP contribution in [0.5, 0.6) is 0 Å². The van der Waals surface area contributed by atoms with Crippen molar-refractivity contribution in [2.75, 3.05) is 39.6 Å². The van der Waals surface area contributed by atoms with Crippen LogP contribution in [-0.2, 0) is 65.4 Å². The van der Waals surface area contributed by atoms with Crippen molar-refractivity contribution in [1.29, 1.82) is 0 Å². The first-order valence-corrected chi connectivity index (χ1v) is 52.5. The molecule has 19 heteroatoms. The minimum absolute atomic E-state index is 0.109. The molecule has 0 saturated carbocycles. The number of carbonyl (C=O) groups is 4. The van der Waals surface area contributed by atoms with Crippen LogP contribution in [0.3, 0.4) is 0 Å². The van der Waals surface area contributed by atoms with E-state index in [1.807, 2.05) is 0 Å². The molecule has 0 aliphatic carbocycles. The van der Waals surface area contributed by atoms with Gasteiger partial charge in [0.2, 0.25) is 0 Å². The average Bonchev–Trinajstić information content (AvgIpc) is 0.617. The maximum atomic E-state index is 13.2. The lowest BCUT2D eigenvalue weighted by Crippen LogP contribution is -2.30. The molecule has 0 aromatic carbocycles. The summed E-state index contributed by atoms with van der Waals surface area (Å²) < 4.78 is 69.2. The number of carbonyl (C=O) groups excluding carboxylic acids is 4. The molecule has 0 aromatic heterocycles. The molecule has 0 aromatic rings. The second-order valence-corrected chi connectivity index (χ2v) is 38.3. The molecule has 3 N–H and O–H groups in total. The highest BCUT2D eigenvalue weighted by molar-refractivity contribution is 7.47. The van der Waals surface area contributed by atoms with Gasteiger partial charge in [0.25, 0.3) is 0 Å². The molecule has 0 heterocycles. The predicted octanol–water partition coefficient (Wildman–Crippen LogP) is 30.1. The highest BCUT2D eigenvalue weighted by Crippen LogP contribution is 2.45. The molecule has 0 bridgehead atoms. The number of hydrogen-bond donors (Lipinski definition) is 3. The van der Waals surface area contributed by atoms with Crippen LogP contribution in [0.1, 0.15) is 523 Å². The predicted molar refractivity (Wildman–Crippen MR) is 478 cm³/mol. The smallest absolute Gasteiger partial charge is 0.462 e. The monoisotopic (exact) mass is 1680 g/mol. The molecule has 5 atom stereocenters. The minimum Gasteiger partial charge on any atom is -0.462 e. The zero-order valence-electron chi connectivity index (χ0n) is 76.1. The second kappa shape index (κ2) is 87.0. The first-order valence-electron chi connectivity index (χ1n) is 49.5. The Morgan fingerprint density at radius 1 is 0.235 bits per heavy atom. The number of ether oxygens (including phenoxy) is 4. The normalized spacial score (nSPS) is 13.7. The van der Waals surface area contributed by atoms with Crippen LogP contribution in [-0.4, -0.2) is 96.7 Å². The highest BCUT2D eigenvalue weighted by Gasteiger charge is 2.31.